The number of aryl methyl sites for hydroxylation is 1. The van der Waals surface area contributed by atoms with Crippen molar-refractivity contribution in [2.45, 2.75) is 25.8 Å². The first-order chi connectivity index (χ1) is 6.68. The van der Waals surface area contributed by atoms with Crippen LogP contribution in [0.15, 0.2) is 30.3 Å². The van der Waals surface area contributed by atoms with Gasteiger partial charge >= 0.3 is 0 Å². The molecule has 1 atom stereocenters. The zero-order valence-corrected chi connectivity index (χ0v) is 8.36. The van der Waals surface area contributed by atoms with Crippen LogP contribution in [0.1, 0.15) is 18.9 Å². The van der Waals surface area contributed by atoms with E-state index in [1.54, 1.807) is 0 Å². The summed E-state index contributed by atoms with van der Waals surface area (Å²) in [4.78, 5) is 10.5. The van der Waals surface area contributed by atoms with Crippen molar-refractivity contribution in [2.75, 3.05) is 0 Å². The van der Waals surface area contributed by atoms with Crippen LogP contribution in [0.4, 0.5) is 0 Å². The molecular formula is C12H15NO. The predicted octanol–water partition coefficient (Wildman–Crippen LogP) is 1.83. The molecule has 1 aromatic rings. The summed E-state index contributed by atoms with van der Waals surface area (Å²) in [6.45, 7) is 6.96. The Balaban J connectivity index is 2.30. The van der Waals surface area contributed by atoms with Gasteiger partial charge in [-0.3, -0.25) is 4.79 Å². The molecule has 0 aliphatic carbocycles. The first kappa shape index (κ1) is 10.8. The van der Waals surface area contributed by atoms with Gasteiger partial charge in [-0.05, 0) is 25.3 Å². The van der Waals surface area contributed by atoms with Gasteiger partial charge in [-0.2, -0.15) is 0 Å². The molecule has 74 valence electrons. The molecule has 1 unspecified atom stereocenters. The number of rotatable bonds is 4. The van der Waals surface area contributed by atoms with E-state index in [4.69, 9.17) is 6.92 Å². The molecule has 1 rings (SSSR count). The second kappa shape index (κ2) is 5.43. The molecule has 2 nitrogen and oxygen atoms in total. The second-order valence-corrected chi connectivity index (χ2v) is 3.43. The smallest absolute Gasteiger partial charge is 0.224 e. The average Bonchev–Trinajstić information content (AvgIpc) is 2.15. The molecule has 1 aromatic carbocycles. The predicted molar refractivity (Wildman–Crippen MR) is 56.7 cm³/mol. The SMILES string of the molecule is [CH]C(=O)NC(C)CCc1ccccc1. The zero-order chi connectivity index (χ0) is 10.4. The number of carbonyl (C=O) groups is 1. The van der Waals surface area contributed by atoms with E-state index in [0.29, 0.717) is 0 Å². The topological polar surface area (TPSA) is 29.1 Å². The second-order valence-electron chi connectivity index (χ2n) is 3.43. The molecule has 0 heterocycles. The van der Waals surface area contributed by atoms with Gasteiger partial charge in [0.1, 0.15) is 0 Å². The first-order valence-electron chi connectivity index (χ1n) is 4.78. The minimum absolute atomic E-state index is 0.132. The lowest BCUT2D eigenvalue weighted by atomic mass is 10.1. The van der Waals surface area contributed by atoms with Gasteiger partial charge in [0, 0.05) is 6.04 Å². The molecule has 1 N–H and O–H groups in total. The molecule has 0 aliphatic heterocycles. The van der Waals surface area contributed by atoms with Gasteiger partial charge in [-0.15, -0.1) is 0 Å². The third-order valence-electron chi connectivity index (χ3n) is 2.10. The lowest BCUT2D eigenvalue weighted by molar-refractivity contribution is -0.117. The Bertz CT molecular complexity index is 282. The standard InChI is InChI=1S/C12H15NO/c1-10(13-11(2)14)8-9-12-6-4-3-5-7-12/h2-7,10H,8-9H2,1H3,(H,13,14). The Morgan fingerprint density at radius 1 is 1.43 bits per heavy atom. The maximum atomic E-state index is 10.5. The fraction of sp³-hybridized carbons (Fsp3) is 0.333. The van der Waals surface area contributed by atoms with Crippen LogP contribution in [0.5, 0.6) is 0 Å². The molecule has 2 radical (unpaired) electrons. The highest BCUT2D eigenvalue weighted by molar-refractivity contribution is 5.80. The van der Waals surface area contributed by atoms with E-state index in [1.165, 1.54) is 5.56 Å². The van der Waals surface area contributed by atoms with Crippen molar-refractivity contribution in [2.24, 2.45) is 0 Å². The van der Waals surface area contributed by atoms with E-state index in [1.807, 2.05) is 25.1 Å². The number of hydrogen-bond acceptors (Lipinski definition) is 1. The van der Waals surface area contributed by atoms with Crippen molar-refractivity contribution in [1.29, 1.82) is 0 Å². The van der Waals surface area contributed by atoms with Crippen molar-refractivity contribution < 1.29 is 4.79 Å². The van der Waals surface area contributed by atoms with Gasteiger partial charge < -0.3 is 5.32 Å². The quantitative estimate of drug-likeness (QED) is 0.769. The minimum atomic E-state index is -0.453. The molecule has 0 saturated carbocycles. The summed E-state index contributed by atoms with van der Waals surface area (Å²) in [6, 6.07) is 10.3. The van der Waals surface area contributed by atoms with Gasteiger partial charge in [-0.25, -0.2) is 0 Å². The fourth-order valence-electron chi connectivity index (χ4n) is 1.34. The number of amides is 1. The number of benzene rings is 1. The Kier molecular flexibility index (Phi) is 4.17. The molecule has 0 aliphatic rings. The van der Waals surface area contributed by atoms with Gasteiger partial charge in [0.05, 0.1) is 6.92 Å². The maximum absolute atomic E-state index is 10.5. The molecule has 0 spiro atoms. The van der Waals surface area contributed by atoms with Crippen molar-refractivity contribution >= 4 is 5.91 Å². The highest BCUT2D eigenvalue weighted by Crippen LogP contribution is 2.04. The lowest BCUT2D eigenvalue weighted by Gasteiger charge is -2.11. The fourth-order valence-corrected chi connectivity index (χ4v) is 1.34. The highest BCUT2D eigenvalue weighted by Gasteiger charge is 2.02. The van der Waals surface area contributed by atoms with E-state index >= 15 is 0 Å². The number of carbonyl (C=O) groups excluding carboxylic acids is 1. The van der Waals surface area contributed by atoms with E-state index in [0.717, 1.165) is 12.8 Å². The molecule has 14 heavy (non-hydrogen) atoms. The summed E-state index contributed by atoms with van der Waals surface area (Å²) in [5.41, 5.74) is 1.28. The third kappa shape index (κ3) is 4.08. The summed E-state index contributed by atoms with van der Waals surface area (Å²) in [5.74, 6) is -0.453. The molecule has 1 amide bonds. The van der Waals surface area contributed by atoms with Crippen LogP contribution in [0, 0.1) is 6.92 Å². The van der Waals surface area contributed by atoms with E-state index in [9.17, 15) is 4.79 Å². The normalized spacial score (nSPS) is 12.1. The van der Waals surface area contributed by atoms with Gasteiger partial charge in [0.2, 0.25) is 5.91 Å². The first-order valence-corrected chi connectivity index (χ1v) is 4.78. The van der Waals surface area contributed by atoms with Crippen LogP contribution >= 0.6 is 0 Å². The molecular weight excluding hydrogens is 174 g/mol. The van der Waals surface area contributed by atoms with Crippen LogP contribution in [-0.4, -0.2) is 11.9 Å². The molecule has 0 bridgehead atoms. The maximum Gasteiger partial charge on any atom is 0.224 e. The molecule has 0 aromatic heterocycles. The van der Waals surface area contributed by atoms with Crippen LogP contribution in [0.25, 0.3) is 0 Å². The monoisotopic (exact) mass is 189 g/mol. The summed E-state index contributed by atoms with van der Waals surface area (Å²) >= 11 is 0. The average molecular weight is 189 g/mol. The minimum Gasteiger partial charge on any atom is -0.353 e. The summed E-state index contributed by atoms with van der Waals surface area (Å²) in [7, 11) is 0. The summed E-state index contributed by atoms with van der Waals surface area (Å²) < 4.78 is 0. The third-order valence-corrected chi connectivity index (χ3v) is 2.10. The number of hydrogen-bond donors (Lipinski definition) is 1. The van der Waals surface area contributed by atoms with Crippen LogP contribution in [-0.2, 0) is 11.2 Å². The molecule has 2 heteroatoms. The van der Waals surface area contributed by atoms with Crippen LogP contribution < -0.4 is 5.32 Å². The Morgan fingerprint density at radius 2 is 2.07 bits per heavy atom. The number of nitrogens with one attached hydrogen (secondary N) is 1. The van der Waals surface area contributed by atoms with E-state index in [2.05, 4.69) is 17.4 Å². The molecule has 0 fully saturated rings. The van der Waals surface area contributed by atoms with E-state index in [-0.39, 0.29) is 6.04 Å². The Hall–Kier alpha value is -1.31. The van der Waals surface area contributed by atoms with Gasteiger partial charge in [0.25, 0.3) is 0 Å². The van der Waals surface area contributed by atoms with Crippen LogP contribution in [0.2, 0.25) is 0 Å². The van der Waals surface area contributed by atoms with Crippen molar-refractivity contribution in [3.8, 4) is 0 Å². The Labute approximate surface area is 85.3 Å². The largest absolute Gasteiger partial charge is 0.353 e. The van der Waals surface area contributed by atoms with Gasteiger partial charge in [0.15, 0.2) is 0 Å². The highest BCUT2D eigenvalue weighted by atomic mass is 16.1. The summed E-state index contributed by atoms with van der Waals surface area (Å²) in [6.07, 6.45) is 1.87. The Morgan fingerprint density at radius 3 is 2.64 bits per heavy atom. The van der Waals surface area contributed by atoms with Crippen LogP contribution in [0.3, 0.4) is 0 Å². The molecule has 0 saturated heterocycles. The zero-order valence-electron chi connectivity index (χ0n) is 8.36. The van der Waals surface area contributed by atoms with Crippen molar-refractivity contribution in [3.05, 3.63) is 42.8 Å². The lowest BCUT2D eigenvalue weighted by Crippen LogP contribution is -2.30. The van der Waals surface area contributed by atoms with Crippen molar-refractivity contribution in [3.63, 3.8) is 0 Å². The van der Waals surface area contributed by atoms with E-state index < -0.39 is 5.91 Å². The summed E-state index contributed by atoms with van der Waals surface area (Å²) in [5, 5.41) is 2.65. The van der Waals surface area contributed by atoms with Gasteiger partial charge in [-0.1, -0.05) is 30.3 Å². The van der Waals surface area contributed by atoms with Crippen molar-refractivity contribution in [1.82, 2.24) is 5.32 Å².